The summed E-state index contributed by atoms with van der Waals surface area (Å²) in [6, 6.07) is 15.0. The molecule has 0 bridgehead atoms. The Bertz CT molecular complexity index is 682. The number of phenols is 1. The van der Waals surface area contributed by atoms with E-state index in [1.54, 1.807) is 12.1 Å². The number of carbonyl (C=O) groups excluding carboxylic acids is 1. The first-order chi connectivity index (χ1) is 11.6. The second-order valence-corrected chi connectivity index (χ2v) is 6.83. The Labute approximate surface area is 147 Å². The van der Waals surface area contributed by atoms with Crippen molar-refractivity contribution in [2.24, 2.45) is 0 Å². The van der Waals surface area contributed by atoms with Crippen LogP contribution in [-0.4, -0.2) is 29.0 Å². The maximum absolute atomic E-state index is 12.5. The highest BCUT2D eigenvalue weighted by molar-refractivity contribution is 6.30. The van der Waals surface area contributed by atoms with Gasteiger partial charge in [-0.25, -0.2) is 0 Å². The lowest BCUT2D eigenvalue weighted by atomic mass is 9.90. The highest BCUT2D eigenvalue weighted by Crippen LogP contribution is 2.28. The van der Waals surface area contributed by atoms with E-state index in [0.29, 0.717) is 18.8 Å². The molecule has 3 rings (SSSR count). The molecule has 1 aliphatic heterocycles. The molecule has 1 amide bonds. The first-order valence-electron chi connectivity index (χ1n) is 8.43. The number of aryl methyl sites for hydroxylation is 1. The van der Waals surface area contributed by atoms with E-state index < -0.39 is 0 Å². The summed E-state index contributed by atoms with van der Waals surface area (Å²) < 4.78 is 0. The number of amides is 1. The molecule has 0 unspecified atom stereocenters. The van der Waals surface area contributed by atoms with Crippen LogP contribution in [0.2, 0.25) is 5.02 Å². The molecule has 0 spiro atoms. The van der Waals surface area contributed by atoms with Gasteiger partial charge in [-0.3, -0.25) is 4.79 Å². The van der Waals surface area contributed by atoms with Crippen LogP contribution in [0.1, 0.15) is 36.3 Å². The van der Waals surface area contributed by atoms with Crippen LogP contribution >= 0.6 is 11.6 Å². The highest BCUT2D eigenvalue weighted by Gasteiger charge is 2.24. The van der Waals surface area contributed by atoms with Crippen molar-refractivity contribution in [1.29, 1.82) is 0 Å². The number of halogens is 1. The molecule has 0 aromatic heterocycles. The molecule has 0 radical (unpaired) electrons. The Morgan fingerprint density at radius 3 is 2.54 bits per heavy atom. The Hall–Kier alpha value is -2.00. The van der Waals surface area contributed by atoms with Gasteiger partial charge in [0, 0.05) is 30.5 Å². The molecule has 1 heterocycles. The smallest absolute Gasteiger partial charge is 0.222 e. The van der Waals surface area contributed by atoms with Crippen LogP contribution < -0.4 is 0 Å². The van der Waals surface area contributed by atoms with Crippen molar-refractivity contribution in [3.8, 4) is 5.75 Å². The Morgan fingerprint density at radius 1 is 1.12 bits per heavy atom. The van der Waals surface area contributed by atoms with Crippen LogP contribution in [0.3, 0.4) is 0 Å². The predicted octanol–water partition coefficient (Wildman–Crippen LogP) is 4.38. The summed E-state index contributed by atoms with van der Waals surface area (Å²) >= 11 is 5.96. The Kier molecular flexibility index (Phi) is 5.41. The zero-order valence-corrected chi connectivity index (χ0v) is 14.4. The van der Waals surface area contributed by atoms with Crippen molar-refractivity contribution >= 4 is 17.5 Å². The molecule has 1 N–H and O–H groups in total. The maximum atomic E-state index is 12.5. The van der Waals surface area contributed by atoms with Crippen molar-refractivity contribution < 1.29 is 9.90 Å². The maximum Gasteiger partial charge on any atom is 0.222 e. The third-order valence-corrected chi connectivity index (χ3v) is 4.93. The van der Waals surface area contributed by atoms with Crippen LogP contribution in [0.5, 0.6) is 5.75 Å². The van der Waals surface area contributed by atoms with E-state index in [2.05, 4.69) is 12.1 Å². The second-order valence-electron chi connectivity index (χ2n) is 6.40. The van der Waals surface area contributed by atoms with Crippen LogP contribution in [0.4, 0.5) is 0 Å². The van der Waals surface area contributed by atoms with E-state index in [1.807, 2.05) is 29.2 Å². The zero-order valence-electron chi connectivity index (χ0n) is 13.6. The number of likely N-dealkylation sites (tertiary alicyclic amines) is 1. The fourth-order valence-corrected chi connectivity index (χ4v) is 3.41. The van der Waals surface area contributed by atoms with Crippen molar-refractivity contribution in [3.05, 3.63) is 64.7 Å². The van der Waals surface area contributed by atoms with Gasteiger partial charge in [-0.1, -0.05) is 35.9 Å². The van der Waals surface area contributed by atoms with Gasteiger partial charge >= 0.3 is 0 Å². The van der Waals surface area contributed by atoms with E-state index in [0.717, 1.165) is 36.5 Å². The molecule has 1 atom stereocenters. The van der Waals surface area contributed by atoms with Crippen molar-refractivity contribution in [2.75, 3.05) is 13.1 Å². The summed E-state index contributed by atoms with van der Waals surface area (Å²) in [4.78, 5) is 14.5. The number of nitrogens with zero attached hydrogens (tertiary/aromatic N) is 1. The lowest BCUT2D eigenvalue weighted by Gasteiger charge is -2.33. The molecule has 4 heteroatoms. The largest absolute Gasteiger partial charge is 0.508 e. The molecule has 24 heavy (non-hydrogen) atoms. The first-order valence-corrected chi connectivity index (χ1v) is 8.81. The first kappa shape index (κ1) is 16.8. The average molecular weight is 344 g/mol. The molecule has 1 fully saturated rings. The van der Waals surface area contributed by atoms with Crippen LogP contribution in [0, 0.1) is 0 Å². The number of carbonyl (C=O) groups is 1. The summed E-state index contributed by atoms with van der Waals surface area (Å²) in [6.45, 7) is 1.63. The van der Waals surface area contributed by atoms with Gasteiger partial charge in [0.25, 0.3) is 0 Å². The van der Waals surface area contributed by atoms with Gasteiger partial charge < -0.3 is 10.0 Å². The molecule has 1 saturated heterocycles. The van der Waals surface area contributed by atoms with E-state index in [9.17, 15) is 9.90 Å². The van der Waals surface area contributed by atoms with Crippen LogP contribution in [-0.2, 0) is 11.2 Å². The normalized spacial score (nSPS) is 17.7. The van der Waals surface area contributed by atoms with E-state index >= 15 is 0 Å². The third-order valence-electron chi connectivity index (χ3n) is 4.68. The SMILES string of the molecule is O=C(CCc1ccc(O)cc1)N1CCC[C@@H](c2ccc(Cl)cc2)C1. The third kappa shape index (κ3) is 4.30. The van der Waals surface area contributed by atoms with Crippen LogP contribution in [0.15, 0.2) is 48.5 Å². The number of rotatable bonds is 4. The standard InChI is InChI=1S/C20H22ClNO2/c21-18-8-6-16(7-9-18)17-2-1-13-22(14-17)20(24)12-5-15-3-10-19(23)11-4-15/h3-4,6-11,17,23H,1-2,5,12-14H2/t17-/m1/s1. The number of aromatic hydroxyl groups is 1. The van der Waals surface area contributed by atoms with Gasteiger partial charge in [-0.05, 0) is 54.7 Å². The molecule has 2 aromatic carbocycles. The van der Waals surface area contributed by atoms with Crippen LogP contribution in [0.25, 0.3) is 0 Å². The number of hydrogen-bond donors (Lipinski definition) is 1. The minimum absolute atomic E-state index is 0.210. The Balaban J connectivity index is 1.56. The molecule has 0 aliphatic carbocycles. The van der Waals surface area contributed by atoms with Gasteiger partial charge in [0.2, 0.25) is 5.91 Å². The van der Waals surface area contributed by atoms with Gasteiger partial charge in [0.15, 0.2) is 0 Å². The molecular weight excluding hydrogens is 322 g/mol. The van der Waals surface area contributed by atoms with Gasteiger partial charge in [0.1, 0.15) is 5.75 Å². The molecular formula is C20H22ClNO2. The highest BCUT2D eigenvalue weighted by atomic mass is 35.5. The molecule has 126 valence electrons. The number of hydrogen-bond acceptors (Lipinski definition) is 2. The van der Waals surface area contributed by atoms with Gasteiger partial charge in [0.05, 0.1) is 0 Å². The van der Waals surface area contributed by atoms with Gasteiger partial charge in [-0.2, -0.15) is 0 Å². The lowest BCUT2D eigenvalue weighted by molar-refractivity contribution is -0.132. The summed E-state index contributed by atoms with van der Waals surface area (Å²) in [5, 5.41) is 10.1. The average Bonchev–Trinajstić information content (AvgIpc) is 2.62. The predicted molar refractivity (Wildman–Crippen MR) is 96.4 cm³/mol. The van der Waals surface area contributed by atoms with E-state index in [-0.39, 0.29) is 11.7 Å². The topological polar surface area (TPSA) is 40.5 Å². The summed E-state index contributed by atoms with van der Waals surface area (Å²) in [5.74, 6) is 0.863. The number of phenolic OH excluding ortho intramolecular Hbond substituents is 1. The summed E-state index contributed by atoms with van der Waals surface area (Å²) in [7, 11) is 0. The van der Waals surface area contributed by atoms with E-state index in [1.165, 1.54) is 5.56 Å². The summed E-state index contributed by atoms with van der Waals surface area (Å²) in [6.07, 6.45) is 3.38. The van der Waals surface area contributed by atoms with Gasteiger partial charge in [-0.15, -0.1) is 0 Å². The van der Waals surface area contributed by atoms with E-state index in [4.69, 9.17) is 11.6 Å². The number of benzene rings is 2. The van der Waals surface area contributed by atoms with Crippen molar-refractivity contribution in [3.63, 3.8) is 0 Å². The second kappa shape index (κ2) is 7.71. The zero-order chi connectivity index (χ0) is 16.9. The molecule has 0 saturated carbocycles. The fraction of sp³-hybridized carbons (Fsp3) is 0.350. The number of piperidine rings is 1. The Morgan fingerprint density at radius 2 is 1.83 bits per heavy atom. The molecule has 1 aliphatic rings. The quantitative estimate of drug-likeness (QED) is 0.894. The molecule has 2 aromatic rings. The lowest BCUT2D eigenvalue weighted by Crippen LogP contribution is -2.39. The van der Waals surface area contributed by atoms with Crippen molar-refractivity contribution in [1.82, 2.24) is 4.90 Å². The summed E-state index contributed by atoms with van der Waals surface area (Å²) in [5.41, 5.74) is 2.34. The minimum Gasteiger partial charge on any atom is -0.508 e. The monoisotopic (exact) mass is 343 g/mol. The fourth-order valence-electron chi connectivity index (χ4n) is 3.28. The van der Waals surface area contributed by atoms with Crippen molar-refractivity contribution in [2.45, 2.75) is 31.6 Å². The minimum atomic E-state index is 0.210. The molecule has 3 nitrogen and oxygen atoms in total.